The second-order valence-electron chi connectivity index (χ2n) is 5.93. The monoisotopic (exact) mass is 284 g/mol. The van der Waals surface area contributed by atoms with Crippen molar-refractivity contribution in [2.24, 2.45) is 11.7 Å². The lowest BCUT2D eigenvalue weighted by molar-refractivity contribution is -0.148. The van der Waals surface area contributed by atoms with Crippen molar-refractivity contribution >= 4 is 11.9 Å². The van der Waals surface area contributed by atoms with Crippen molar-refractivity contribution in [2.75, 3.05) is 20.2 Å². The van der Waals surface area contributed by atoms with Crippen LogP contribution in [0.3, 0.4) is 0 Å². The molecule has 0 unspecified atom stereocenters. The Kier molecular flexibility index (Phi) is 6.46. The molecular weight excluding hydrogens is 256 g/mol. The molecular formula is C15H28N2O3. The Balaban J connectivity index is 2.64. The molecule has 116 valence electrons. The number of amides is 1. The summed E-state index contributed by atoms with van der Waals surface area (Å²) < 4.78 is 4.69. The molecule has 5 heteroatoms. The number of methoxy groups -OCH3 is 1. The van der Waals surface area contributed by atoms with E-state index in [-0.39, 0.29) is 24.0 Å². The molecule has 1 amide bonds. The van der Waals surface area contributed by atoms with Crippen LogP contribution >= 0.6 is 0 Å². The summed E-state index contributed by atoms with van der Waals surface area (Å²) >= 11 is 0. The topological polar surface area (TPSA) is 72.6 Å². The van der Waals surface area contributed by atoms with Gasteiger partial charge in [0.15, 0.2) is 0 Å². The largest absolute Gasteiger partial charge is 0.468 e. The van der Waals surface area contributed by atoms with Crippen molar-refractivity contribution in [3.63, 3.8) is 0 Å². The number of carbonyl (C=O) groups is 2. The number of hydrogen-bond donors (Lipinski definition) is 1. The predicted molar refractivity (Wildman–Crippen MR) is 78.1 cm³/mol. The molecule has 0 atom stereocenters. The van der Waals surface area contributed by atoms with E-state index in [0.717, 1.165) is 32.1 Å². The van der Waals surface area contributed by atoms with Gasteiger partial charge in [-0.2, -0.15) is 0 Å². The van der Waals surface area contributed by atoms with Gasteiger partial charge in [-0.25, -0.2) is 0 Å². The van der Waals surface area contributed by atoms with E-state index in [1.807, 2.05) is 0 Å². The molecule has 0 bridgehead atoms. The summed E-state index contributed by atoms with van der Waals surface area (Å²) in [6.45, 7) is 4.84. The lowest BCUT2D eigenvalue weighted by atomic mass is 9.75. The van der Waals surface area contributed by atoms with E-state index in [2.05, 4.69) is 18.6 Å². The predicted octanol–water partition coefficient (Wildman–Crippen LogP) is 1.70. The molecule has 1 aliphatic rings. The molecule has 0 spiro atoms. The first-order chi connectivity index (χ1) is 9.44. The summed E-state index contributed by atoms with van der Waals surface area (Å²) in [5.74, 6) is 0.0206. The summed E-state index contributed by atoms with van der Waals surface area (Å²) in [6, 6.07) is 0. The van der Waals surface area contributed by atoms with Gasteiger partial charge in [-0.3, -0.25) is 9.59 Å². The maximum atomic E-state index is 12.4. The fraction of sp³-hybridized carbons (Fsp3) is 0.867. The van der Waals surface area contributed by atoms with Crippen molar-refractivity contribution in [3.8, 4) is 0 Å². The van der Waals surface area contributed by atoms with Gasteiger partial charge in [0.05, 0.1) is 7.11 Å². The third-order valence-corrected chi connectivity index (χ3v) is 4.39. The highest BCUT2D eigenvalue weighted by Crippen LogP contribution is 2.32. The molecule has 1 rings (SSSR count). The number of nitrogens with zero attached hydrogens (tertiary/aromatic N) is 1. The van der Waals surface area contributed by atoms with Crippen LogP contribution in [-0.4, -0.2) is 42.5 Å². The highest BCUT2D eigenvalue weighted by Gasteiger charge is 2.36. The standard InChI is InChI=1S/C15H28N2O3/c1-4-12(5-2)10-17(11-14(19)20-3)13(18)9-15(16)7-6-8-15/h12H,4-11,16H2,1-3H3. The zero-order chi connectivity index (χ0) is 15.2. The van der Waals surface area contributed by atoms with Crippen LogP contribution in [-0.2, 0) is 14.3 Å². The molecule has 0 aromatic rings. The highest BCUT2D eigenvalue weighted by atomic mass is 16.5. The van der Waals surface area contributed by atoms with Crippen LogP contribution in [0.25, 0.3) is 0 Å². The quantitative estimate of drug-likeness (QED) is 0.688. The summed E-state index contributed by atoms with van der Waals surface area (Å²) in [6.07, 6.45) is 5.22. The maximum Gasteiger partial charge on any atom is 0.325 e. The number of carbonyl (C=O) groups excluding carboxylic acids is 2. The molecule has 5 nitrogen and oxygen atoms in total. The number of ether oxygens (including phenoxy) is 1. The molecule has 0 aliphatic heterocycles. The molecule has 2 N–H and O–H groups in total. The van der Waals surface area contributed by atoms with E-state index in [4.69, 9.17) is 5.73 Å². The van der Waals surface area contributed by atoms with E-state index in [1.54, 1.807) is 4.90 Å². The number of hydrogen-bond acceptors (Lipinski definition) is 4. The molecule has 1 saturated carbocycles. The zero-order valence-corrected chi connectivity index (χ0v) is 13.0. The van der Waals surface area contributed by atoms with Crippen LogP contribution in [0.15, 0.2) is 0 Å². The Bertz CT molecular complexity index is 336. The van der Waals surface area contributed by atoms with Crippen LogP contribution in [0, 0.1) is 5.92 Å². The van der Waals surface area contributed by atoms with Crippen LogP contribution in [0.5, 0.6) is 0 Å². The van der Waals surface area contributed by atoms with Crippen LogP contribution < -0.4 is 5.73 Å². The first kappa shape index (κ1) is 17.0. The fourth-order valence-electron chi connectivity index (χ4n) is 2.55. The Labute approximate surface area is 121 Å². The minimum atomic E-state index is -0.371. The maximum absolute atomic E-state index is 12.4. The lowest BCUT2D eigenvalue weighted by Gasteiger charge is -2.39. The van der Waals surface area contributed by atoms with Gasteiger partial charge in [-0.15, -0.1) is 0 Å². The smallest absolute Gasteiger partial charge is 0.325 e. The van der Waals surface area contributed by atoms with Crippen LogP contribution in [0.4, 0.5) is 0 Å². The summed E-state index contributed by atoms with van der Waals surface area (Å²) in [4.78, 5) is 25.5. The second kappa shape index (κ2) is 7.62. The lowest BCUT2D eigenvalue weighted by Crippen LogP contribution is -2.51. The van der Waals surface area contributed by atoms with Gasteiger partial charge in [0.25, 0.3) is 0 Å². The third kappa shape index (κ3) is 4.78. The van der Waals surface area contributed by atoms with E-state index >= 15 is 0 Å². The first-order valence-electron chi connectivity index (χ1n) is 7.57. The van der Waals surface area contributed by atoms with Crippen molar-refractivity contribution in [1.29, 1.82) is 0 Å². The SMILES string of the molecule is CCC(CC)CN(CC(=O)OC)C(=O)CC1(N)CCC1. The average molecular weight is 284 g/mol. The number of esters is 1. The Morgan fingerprint density at radius 2 is 1.90 bits per heavy atom. The minimum absolute atomic E-state index is 0.0236. The Morgan fingerprint density at radius 3 is 2.30 bits per heavy atom. The molecule has 0 saturated heterocycles. The normalized spacial score (nSPS) is 16.6. The van der Waals surface area contributed by atoms with Crippen molar-refractivity contribution < 1.29 is 14.3 Å². The van der Waals surface area contributed by atoms with Crippen molar-refractivity contribution in [2.45, 2.75) is 57.9 Å². The summed E-state index contributed by atoms with van der Waals surface area (Å²) in [5.41, 5.74) is 5.79. The molecule has 0 aromatic carbocycles. The van der Waals surface area contributed by atoms with Gasteiger partial charge in [-0.05, 0) is 25.2 Å². The molecule has 0 radical (unpaired) electrons. The average Bonchev–Trinajstić information content (AvgIpc) is 2.41. The minimum Gasteiger partial charge on any atom is -0.468 e. The van der Waals surface area contributed by atoms with E-state index in [9.17, 15) is 9.59 Å². The van der Waals surface area contributed by atoms with Gasteiger partial charge in [0.2, 0.25) is 5.91 Å². The molecule has 0 heterocycles. The van der Waals surface area contributed by atoms with Gasteiger partial charge >= 0.3 is 5.97 Å². The van der Waals surface area contributed by atoms with Gasteiger partial charge < -0.3 is 15.4 Å². The second-order valence-corrected chi connectivity index (χ2v) is 5.93. The third-order valence-electron chi connectivity index (χ3n) is 4.39. The summed E-state index contributed by atoms with van der Waals surface area (Å²) in [5, 5.41) is 0. The Hall–Kier alpha value is -1.10. The van der Waals surface area contributed by atoms with Crippen molar-refractivity contribution in [1.82, 2.24) is 4.90 Å². The Morgan fingerprint density at radius 1 is 1.30 bits per heavy atom. The summed E-state index contributed by atoms with van der Waals surface area (Å²) in [7, 11) is 1.35. The molecule has 0 aromatic heterocycles. The van der Waals surface area contributed by atoms with Crippen molar-refractivity contribution in [3.05, 3.63) is 0 Å². The number of nitrogens with two attached hydrogens (primary N) is 1. The molecule has 20 heavy (non-hydrogen) atoms. The van der Waals surface area contributed by atoms with Gasteiger partial charge in [0, 0.05) is 18.5 Å². The number of rotatable bonds is 8. The molecule has 1 aliphatic carbocycles. The first-order valence-corrected chi connectivity index (χ1v) is 7.57. The highest BCUT2D eigenvalue weighted by molar-refractivity contribution is 5.82. The van der Waals surface area contributed by atoms with Crippen LogP contribution in [0.2, 0.25) is 0 Å². The van der Waals surface area contributed by atoms with E-state index < -0.39 is 0 Å². The van der Waals surface area contributed by atoms with E-state index in [1.165, 1.54) is 7.11 Å². The van der Waals surface area contributed by atoms with Crippen LogP contribution in [0.1, 0.15) is 52.4 Å². The fourth-order valence-corrected chi connectivity index (χ4v) is 2.55. The van der Waals surface area contributed by atoms with Gasteiger partial charge in [-0.1, -0.05) is 26.7 Å². The zero-order valence-electron chi connectivity index (χ0n) is 13.0. The molecule has 1 fully saturated rings. The van der Waals surface area contributed by atoms with Gasteiger partial charge in [0.1, 0.15) is 6.54 Å². The van der Waals surface area contributed by atoms with E-state index in [0.29, 0.717) is 18.9 Å².